The van der Waals surface area contributed by atoms with E-state index >= 15 is 0 Å². The molecule has 2 aromatic rings. The first-order chi connectivity index (χ1) is 10.2. The molecule has 1 atom stereocenters. The summed E-state index contributed by atoms with van der Waals surface area (Å²) in [5.41, 5.74) is 0.921. The average molecular weight is 286 g/mol. The standard InChI is InChI=1S/C14H18N6O/c1-14(8-4-5-9-15-14)13(21)17-11-6-2-3-7-12(11)20-10-16-18-19-20/h2-3,6-7,10,15H,4-5,8-9H2,1H3,(H,17,21). The fourth-order valence-corrected chi connectivity index (χ4v) is 2.56. The number of hydrogen-bond donors (Lipinski definition) is 2. The molecule has 0 bridgehead atoms. The van der Waals surface area contributed by atoms with Crippen LogP contribution in [0.4, 0.5) is 5.69 Å². The van der Waals surface area contributed by atoms with Crippen molar-refractivity contribution in [3.8, 4) is 5.69 Å². The Bertz CT molecular complexity index is 618. The first-order valence-corrected chi connectivity index (χ1v) is 7.08. The SMILES string of the molecule is CC1(C(=O)Nc2ccccc2-n2cnnn2)CCCCN1. The zero-order valence-corrected chi connectivity index (χ0v) is 11.9. The summed E-state index contributed by atoms with van der Waals surface area (Å²) in [4.78, 5) is 12.6. The number of anilines is 1. The van der Waals surface area contributed by atoms with Crippen LogP contribution in [0.25, 0.3) is 5.69 Å². The summed E-state index contributed by atoms with van der Waals surface area (Å²) < 4.78 is 1.53. The minimum Gasteiger partial charge on any atom is -0.323 e. The van der Waals surface area contributed by atoms with Gasteiger partial charge in [-0.25, -0.2) is 0 Å². The maximum Gasteiger partial charge on any atom is 0.244 e. The van der Waals surface area contributed by atoms with Gasteiger partial charge in [0.05, 0.1) is 16.9 Å². The minimum absolute atomic E-state index is 0.0253. The molecule has 2 heterocycles. The largest absolute Gasteiger partial charge is 0.323 e. The molecule has 21 heavy (non-hydrogen) atoms. The van der Waals surface area contributed by atoms with Crippen molar-refractivity contribution >= 4 is 11.6 Å². The second kappa shape index (κ2) is 5.61. The van der Waals surface area contributed by atoms with Gasteiger partial charge in [-0.15, -0.1) is 5.10 Å². The summed E-state index contributed by atoms with van der Waals surface area (Å²) in [6.45, 7) is 2.82. The van der Waals surface area contributed by atoms with Crippen molar-refractivity contribution in [2.24, 2.45) is 0 Å². The lowest BCUT2D eigenvalue weighted by Gasteiger charge is -2.33. The summed E-state index contributed by atoms with van der Waals surface area (Å²) in [5, 5.41) is 17.4. The number of aromatic nitrogens is 4. The summed E-state index contributed by atoms with van der Waals surface area (Å²) in [7, 11) is 0. The van der Waals surface area contributed by atoms with Crippen LogP contribution in [-0.2, 0) is 4.79 Å². The molecule has 1 amide bonds. The molecule has 1 aliphatic heterocycles. The Morgan fingerprint density at radius 3 is 2.95 bits per heavy atom. The third-order valence-electron chi connectivity index (χ3n) is 3.87. The smallest absolute Gasteiger partial charge is 0.244 e. The van der Waals surface area contributed by atoms with E-state index in [1.807, 2.05) is 31.2 Å². The monoisotopic (exact) mass is 286 g/mol. The van der Waals surface area contributed by atoms with Crippen LogP contribution >= 0.6 is 0 Å². The lowest BCUT2D eigenvalue weighted by molar-refractivity contribution is -0.122. The van der Waals surface area contributed by atoms with Gasteiger partial charge < -0.3 is 10.6 Å². The molecule has 0 saturated carbocycles. The molecule has 2 N–H and O–H groups in total. The van der Waals surface area contributed by atoms with Gasteiger partial charge in [0.25, 0.3) is 0 Å². The molecular formula is C14H18N6O. The Kier molecular flexibility index (Phi) is 3.66. The van der Waals surface area contributed by atoms with Crippen LogP contribution in [-0.4, -0.2) is 38.2 Å². The number of carbonyl (C=O) groups is 1. The van der Waals surface area contributed by atoms with Crippen LogP contribution < -0.4 is 10.6 Å². The maximum absolute atomic E-state index is 12.6. The van der Waals surface area contributed by atoms with E-state index in [4.69, 9.17) is 0 Å². The van der Waals surface area contributed by atoms with Crippen LogP contribution in [0.2, 0.25) is 0 Å². The zero-order chi connectivity index (χ0) is 14.7. The second-order valence-electron chi connectivity index (χ2n) is 5.44. The highest BCUT2D eigenvalue weighted by Gasteiger charge is 2.34. The van der Waals surface area contributed by atoms with Gasteiger partial charge in [0, 0.05) is 0 Å². The lowest BCUT2D eigenvalue weighted by atomic mass is 9.90. The van der Waals surface area contributed by atoms with Gasteiger partial charge in [-0.05, 0) is 55.3 Å². The van der Waals surface area contributed by atoms with Crippen LogP contribution in [0.5, 0.6) is 0 Å². The molecule has 1 aromatic carbocycles. The van der Waals surface area contributed by atoms with Crippen LogP contribution in [0.3, 0.4) is 0 Å². The molecule has 7 nitrogen and oxygen atoms in total. The predicted octanol–water partition coefficient (Wildman–Crippen LogP) is 1.13. The van der Waals surface area contributed by atoms with Crippen LogP contribution in [0.15, 0.2) is 30.6 Å². The van der Waals surface area contributed by atoms with Crippen molar-refractivity contribution in [1.82, 2.24) is 25.5 Å². The highest BCUT2D eigenvalue weighted by molar-refractivity contribution is 5.99. The van der Waals surface area contributed by atoms with E-state index in [1.54, 1.807) is 0 Å². The highest BCUT2D eigenvalue weighted by Crippen LogP contribution is 2.23. The number of para-hydroxylation sites is 2. The van der Waals surface area contributed by atoms with E-state index in [1.165, 1.54) is 11.0 Å². The Labute approximate surface area is 122 Å². The zero-order valence-electron chi connectivity index (χ0n) is 11.9. The molecule has 1 fully saturated rings. The third kappa shape index (κ3) is 2.78. The van der Waals surface area contributed by atoms with Crippen LogP contribution in [0, 0.1) is 0 Å². The third-order valence-corrected chi connectivity index (χ3v) is 3.87. The van der Waals surface area contributed by atoms with Gasteiger partial charge in [-0.1, -0.05) is 12.1 Å². The number of carbonyl (C=O) groups excluding carboxylic acids is 1. The van der Waals surface area contributed by atoms with Gasteiger partial charge in [-0.2, -0.15) is 4.68 Å². The van der Waals surface area contributed by atoms with Crippen molar-refractivity contribution in [2.45, 2.75) is 31.7 Å². The Balaban J connectivity index is 1.83. The van der Waals surface area contributed by atoms with Gasteiger partial charge in [-0.3, -0.25) is 4.79 Å². The quantitative estimate of drug-likeness (QED) is 0.883. The molecule has 1 saturated heterocycles. The molecule has 3 rings (SSSR count). The van der Waals surface area contributed by atoms with Crippen LogP contribution in [0.1, 0.15) is 26.2 Å². The number of hydrogen-bond acceptors (Lipinski definition) is 5. The first-order valence-electron chi connectivity index (χ1n) is 7.08. The fraction of sp³-hybridized carbons (Fsp3) is 0.429. The summed E-state index contributed by atoms with van der Waals surface area (Å²) in [5.74, 6) is -0.0253. The van der Waals surface area contributed by atoms with E-state index in [2.05, 4.69) is 26.2 Å². The van der Waals surface area contributed by atoms with Crippen molar-refractivity contribution in [2.75, 3.05) is 11.9 Å². The molecular weight excluding hydrogens is 268 g/mol. The van der Waals surface area contributed by atoms with Gasteiger partial charge >= 0.3 is 0 Å². The van der Waals surface area contributed by atoms with E-state index in [0.717, 1.165) is 31.5 Å². The van der Waals surface area contributed by atoms with Crippen molar-refractivity contribution < 1.29 is 4.79 Å². The van der Waals surface area contributed by atoms with Crippen molar-refractivity contribution in [1.29, 1.82) is 0 Å². The number of benzene rings is 1. The minimum atomic E-state index is -0.522. The molecule has 0 spiro atoms. The number of amides is 1. The predicted molar refractivity (Wildman–Crippen MR) is 78.0 cm³/mol. The Morgan fingerprint density at radius 2 is 2.24 bits per heavy atom. The van der Waals surface area contributed by atoms with E-state index in [9.17, 15) is 4.79 Å². The lowest BCUT2D eigenvalue weighted by Crippen LogP contribution is -2.54. The summed E-state index contributed by atoms with van der Waals surface area (Å²) in [6.07, 6.45) is 4.52. The fourth-order valence-electron chi connectivity index (χ4n) is 2.56. The van der Waals surface area contributed by atoms with Crippen molar-refractivity contribution in [3.63, 3.8) is 0 Å². The Morgan fingerprint density at radius 1 is 1.38 bits per heavy atom. The van der Waals surface area contributed by atoms with Gasteiger partial charge in [0.15, 0.2) is 0 Å². The molecule has 110 valence electrons. The number of rotatable bonds is 3. The van der Waals surface area contributed by atoms with Gasteiger partial charge in [0.1, 0.15) is 6.33 Å². The number of piperidine rings is 1. The van der Waals surface area contributed by atoms with E-state index in [0.29, 0.717) is 5.69 Å². The van der Waals surface area contributed by atoms with E-state index in [-0.39, 0.29) is 5.91 Å². The normalized spacial score (nSPS) is 22.0. The molecule has 0 aliphatic carbocycles. The highest BCUT2D eigenvalue weighted by atomic mass is 16.2. The van der Waals surface area contributed by atoms with E-state index < -0.39 is 5.54 Å². The second-order valence-corrected chi connectivity index (χ2v) is 5.44. The molecule has 1 aliphatic rings. The number of nitrogens with one attached hydrogen (secondary N) is 2. The summed E-state index contributed by atoms with van der Waals surface area (Å²) in [6, 6.07) is 7.47. The Hall–Kier alpha value is -2.28. The maximum atomic E-state index is 12.6. The average Bonchev–Trinajstić information content (AvgIpc) is 3.02. The number of nitrogens with zero attached hydrogens (tertiary/aromatic N) is 4. The topological polar surface area (TPSA) is 84.7 Å². The molecule has 0 radical (unpaired) electrons. The molecule has 1 aromatic heterocycles. The van der Waals surface area contributed by atoms with Gasteiger partial charge in [0.2, 0.25) is 5.91 Å². The molecule has 7 heteroatoms. The first kappa shape index (κ1) is 13.7. The van der Waals surface area contributed by atoms with Crippen molar-refractivity contribution in [3.05, 3.63) is 30.6 Å². The molecule has 1 unspecified atom stereocenters. The summed E-state index contributed by atoms with van der Waals surface area (Å²) >= 11 is 0. The number of tetrazole rings is 1.